The summed E-state index contributed by atoms with van der Waals surface area (Å²) in [6, 6.07) is 0. The van der Waals surface area contributed by atoms with E-state index in [2.05, 4.69) is 24.3 Å². The van der Waals surface area contributed by atoms with E-state index in [0.717, 1.165) is 5.09 Å². The van der Waals surface area contributed by atoms with Crippen LogP contribution in [0.1, 0.15) is 0 Å². The average molecular weight is 214 g/mol. The molecule has 4 nitrogen and oxygen atoms in total. The second-order valence-electron chi connectivity index (χ2n) is 1.39. The van der Waals surface area contributed by atoms with Crippen molar-refractivity contribution in [3.8, 4) is 0 Å². The average Bonchev–Trinajstić information content (AvgIpc) is 1.82. The number of allylic oxidation sites excluding steroid dienone is 1. The summed E-state index contributed by atoms with van der Waals surface area (Å²) < 4.78 is 60.6. The van der Waals surface area contributed by atoms with Crippen molar-refractivity contribution in [3.63, 3.8) is 0 Å². The SMILES string of the molecule is FB(F)F.O=S(=O)(O)O.[Li][CH2]C=C. The van der Waals surface area contributed by atoms with Crippen molar-refractivity contribution in [2.75, 3.05) is 0 Å². The summed E-state index contributed by atoms with van der Waals surface area (Å²) in [5.74, 6) is 0. The normalized spacial score (nSPS) is 8.54. The molecule has 0 amide bonds. The van der Waals surface area contributed by atoms with Gasteiger partial charge in [-0.15, -0.1) is 0 Å². The molecule has 0 heterocycles. The molecule has 0 atom stereocenters. The minimum atomic E-state index is -4.67. The van der Waals surface area contributed by atoms with E-state index in [-0.39, 0.29) is 0 Å². The quantitative estimate of drug-likeness (QED) is 0.387. The molecule has 0 fully saturated rings. The van der Waals surface area contributed by atoms with Crippen LogP contribution in [-0.2, 0) is 10.4 Å². The van der Waals surface area contributed by atoms with Crippen molar-refractivity contribution < 1.29 is 30.5 Å². The fraction of sp³-hybridized carbons (Fsp3) is 0.333. The standard InChI is InChI=1S/C3H5.BF3.Li.H2O4S/c1-3-2;2-1(3)4;;1-5(2,3)4/h3H,1-2H2;;;(H2,1,2,3,4). The second kappa shape index (κ2) is 12.1. The van der Waals surface area contributed by atoms with Crippen molar-refractivity contribution in [2.24, 2.45) is 0 Å². The van der Waals surface area contributed by atoms with Gasteiger partial charge in [-0.2, -0.15) is 8.42 Å². The Bertz CT molecular complexity index is 186. The second-order valence-corrected chi connectivity index (χ2v) is 2.29. The molecule has 0 saturated carbocycles. The first-order valence-corrected chi connectivity index (χ1v) is 4.27. The fourth-order valence-corrected chi connectivity index (χ4v) is 0. The fourth-order valence-electron chi connectivity index (χ4n) is 0. The zero-order valence-electron chi connectivity index (χ0n) is 6.82. The molecule has 0 unspecified atom stereocenters. The number of hydrogen-bond donors (Lipinski definition) is 2. The third-order valence-electron chi connectivity index (χ3n) is 0.289. The summed E-state index contributed by atoms with van der Waals surface area (Å²) in [5, 5.41) is 1.08. The summed E-state index contributed by atoms with van der Waals surface area (Å²) in [6.07, 6.45) is 1.88. The molecule has 0 spiro atoms. The van der Waals surface area contributed by atoms with Crippen molar-refractivity contribution in [1.29, 1.82) is 0 Å². The van der Waals surface area contributed by atoms with Gasteiger partial charge in [0, 0.05) is 0 Å². The number of halogens is 3. The van der Waals surface area contributed by atoms with Crippen molar-refractivity contribution in [2.45, 2.75) is 5.09 Å². The molecular weight excluding hydrogens is 207 g/mol. The summed E-state index contributed by atoms with van der Waals surface area (Å²) in [7, 11) is -8.33. The van der Waals surface area contributed by atoms with E-state index in [1.54, 1.807) is 0 Å². The van der Waals surface area contributed by atoms with Crippen molar-refractivity contribution in [3.05, 3.63) is 12.7 Å². The molecule has 0 radical (unpaired) electrons. The maximum atomic E-state index is 9.67. The van der Waals surface area contributed by atoms with Crippen LogP contribution >= 0.6 is 0 Å². The Morgan fingerprint density at radius 1 is 1.38 bits per heavy atom. The molecule has 0 bridgehead atoms. The van der Waals surface area contributed by atoms with Crippen LogP contribution in [0.4, 0.5) is 12.9 Å². The van der Waals surface area contributed by atoms with E-state index < -0.39 is 17.9 Å². The van der Waals surface area contributed by atoms with Crippen LogP contribution in [0.15, 0.2) is 12.7 Å². The Morgan fingerprint density at radius 3 is 1.46 bits per heavy atom. The van der Waals surface area contributed by atoms with Crippen LogP contribution in [0.2, 0.25) is 5.09 Å². The van der Waals surface area contributed by atoms with Crippen LogP contribution < -0.4 is 0 Å². The Kier molecular flexibility index (Phi) is 17.4. The van der Waals surface area contributed by atoms with Crippen molar-refractivity contribution >= 4 is 35.7 Å². The van der Waals surface area contributed by atoms with Crippen LogP contribution in [0.3, 0.4) is 0 Å². The predicted octanol–water partition coefficient (Wildman–Crippen LogP) is 0.986. The molecule has 0 aliphatic rings. The molecule has 0 aromatic carbocycles. The van der Waals surface area contributed by atoms with E-state index >= 15 is 0 Å². The van der Waals surface area contributed by atoms with E-state index in [0.29, 0.717) is 0 Å². The topological polar surface area (TPSA) is 74.6 Å². The number of rotatable bonds is 1. The molecule has 74 valence electrons. The molecule has 10 heteroatoms. The Balaban J connectivity index is -0.000000117. The first-order valence-electron chi connectivity index (χ1n) is 2.88. The summed E-state index contributed by atoms with van der Waals surface area (Å²) in [6.45, 7) is 3.48. The Hall–Kier alpha value is 0.0623. The molecule has 0 aromatic rings. The summed E-state index contributed by atoms with van der Waals surface area (Å²) >= 11 is 2.06. The van der Waals surface area contributed by atoms with E-state index in [9.17, 15) is 12.9 Å². The van der Waals surface area contributed by atoms with Gasteiger partial charge in [-0.05, 0) is 0 Å². The third-order valence-corrected chi connectivity index (χ3v) is 0.289. The van der Waals surface area contributed by atoms with E-state index in [4.69, 9.17) is 17.5 Å². The van der Waals surface area contributed by atoms with Gasteiger partial charge in [-0.1, -0.05) is 0 Å². The van der Waals surface area contributed by atoms with Gasteiger partial charge in [0.05, 0.1) is 0 Å². The minimum absolute atomic E-state index is 1.08. The van der Waals surface area contributed by atoms with Gasteiger partial charge in [-0.3, -0.25) is 22.1 Å². The molecule has 2 N–H and O–H groups in total. The zero-order valence-corrected chi connectivity index (χ0v) is 7.64. The number of hydrogen-bond acceptors (Lipinski definition) is 2. The first kappa shape index (κ1) is 18.8. The van der Waals surface area contributed by atoms with Crippen LogP contribution in [0, 0.1) is 0 Å². The molecule has 0 saturated heterocycles. The maximum absolute atomic E-state index is 9.67. The first-order chi connectivity index (χ1) is 5.65. The molecule has 13 heavy (non-hydrogen) atoms. The van der Waals surface area contributed by atoms with Crippen LogP contribution in [0.5, 0.6) is 0 Å². The molecule has 0 rings (SSSR count). The predicted molar refractivity (Wildman–Crippen MR) is 44.0 cm³/mol. The van der Waals surface area contributed by atoms with Gasteiger partial charge >= 0.3 is 53.4 Å². The molecule has 0 aromatic heterocycles. The van der Waals surface area contributed by atoms with E-state index in [1.807, 2.05) is 6.08 Å². The zero-order chi connectivity index (χ0) is 11.5. The monoisotopic (exact) mass is 214 g/mol. The summed E-state index contributed by atoms with van der Waals surface area (Å²) in [5.41, 5.74) is 0. The van der Waals surface area contributed by atoms with Crippen LogP contribution in [0.25, 0.3) is 0 Å². The van der Waals surface area contributed by atoms with Crippen molar-refractivity contribution in [1.82, 2.24) is 0 Å². The van der Waals surface area contributed by atoms with Gasteiger partial charge in [0.1, 0.15) is 0 Å². The van der Waals surface area contributed by atoms with Gasteiger partial charge in [-0.25, -0.2) is 0 Å². The van der Waals surface area contributed by atoms with Gasteiger partial charge in [0.15, 0.2) is 0 Å². The molecular formula is C3H7BF3LiO4S. The molecule has 0 aliphatic carbocycles. The molecule has 0 aliphatic heterocycles. The van der Waals surface area contributed by atoms with E-state index in [1.165, 1.54) is 0 Å². The van der Waals surface area contributed by atoms with Crippen LogP contribution in [-0.4, -0.2) is 42.8 Å². The Morgan fingerprint density at radius 2 is 1.46 bits per heavy atom. The Labute approximate surface area is 84.2 Å². The summed E-state index contributed by atoms with van der Waals surface area (Å²) in [4.78, 5) is 0. The van der Waals surface area contributed by atoms with Gasteiger partial charge in [0.2, 0.25) is 0 Å². The van der Waals surface area contributed by atoms with Gasteiger partial charge in [0.25, 0.3) is 0 Å². The van der Waals surface area contributed by atoms with Gasteiger partial charge < -0.3 is 0 Å². The third kappa shape index (κ3) is 1080.